The molecule has 106 valence electrons. The first-order valence-electron chi connectivity index (χ1n) is 6.69. The topological polar surface area (TPSA) is 63.4 Å². The SMILES string of the molecule is Cc1cc(N)cc(S(=O)(=O)N2CCC(C)CC2C)c1. The number of nitrogens with two attached hydrogens (primary N) is 1. The summed E-state index contributed by atoms with van der Waals surface area (Å²) in [4.78, 5) is 0.311. The van der Waals surface area contributed by atoms with Crippen molar-refractivity contribution in [2.45, 2.75) is 44.6 Å². The van der Waals surface area contributed by atoms with E-state index < -0.39 is 10.0 Å². The van der Waals surface area contributed by atoms with Gasteiger partial charge in [0.15, 0.2) is 0 Å². The molecule has 0 aromatic heterocycles. The molecular formula is C14H22N2O2S. The zero-order valence-corrected chi connectivity index (χ0v) is 12.6. The second-order valence-corrected chi connectivity index (χ2v) is 7.56. The number of hydrogen-bond donors (Lipinski definition) is 1. The van der Waals surface area contributed by atoms with Crippen molar-refractivity contribution in [3.05, 3.63) is 23.8 Å². The Bertz CT molecular complexity index is 549. The van der Waals surface area contributed by atoms with Crippen LogP contribution in [0.2, 0.25) is 0 Å². The second kappa shape index (κ2) is 5.13. The van der Waals surface area contributed by atoms with E-state index in [-0.39, 0.29) is 6.04 Å². The zero-order chi connectivity index (χ0) is 14.2. The van der Waals surface area contributed by atoms with Crippen molar-refractivity contribution in [1.82, 2.24) is 4.31 Å². The molecule has 0 radical (unpaired) electrons. The van der Waals surface area contributed by atoms with Crippen LogP contribution in [0.4, 0.5) is 5.69 Å². The van der Waals surface area contributed by atoms with Crippen molar-refractivity contribution in [1.29, 1.82) is 0 Å². The van der Waals surface area contributed by atoms with Gasteiger partial charge in [-0.2, -0.15) is 4.31 Å². The Morgan fingerprint density at radius 2 is 1.95 bits per heavy atom. The molecule has 0 amide bonds. The predicted octanol–water partition coefficient (Wildman–Crippen LogP) is 2.39. The lowest BCUT2D eigenvalue weighted by atomic mass is 9.95. The standard InChI is InChI=1S/C14H22N2O2S/c1-10-4-5-16(12(3)6-10)19(17,18)14-8-11(2)7-13(15)9-14/h7-10,12H,4-6,15H2,1-3H3. The van der Waals surface area contributed by atoms with Gasteiger partial charge >= 0.3 is 0 Å². The Morgan fingerprint density at radius 1 is 1.26 bits per heavy atom. The summed E-state index contributed by atoms with van der Waals surface area (Å²) in [5.74, 6) is 0.587. The highest BCUT2D eigenvalue weighted by molar-refractivity contribution is 7.89. The van der Waals surface area contributed by atoms with E-state index >= 15 is 0 Å². The number of nitrogens with zero attached hydrogens (tertiary/aromatic N) is 1. The van der Waals surface area contributed by atoms with E-state index in [1.165, 1.54) is 0 Å². The molecule has 1 aromatic rings. The largest absolute Gasteiger partial charge is 0.399 e. The summed E-state index contributed by atoms with van der Waals surface area (Å²) in [5, 5.41) is 0. The van der Waals surface area contributed by atoms with Gasteiger partial charge in [0.05, 0.1) is 4.90 Å². The first-order chi connectivity index (χ1) is 8.80. The molecule has 1 aliphatic rings. The minimum atomic E-state index is -3.43. The van der Waals surface area contributed by atoms with Gasteiger partial charge in [-0.05, 0) is 56.4 Å². The van der Waals surface area contributed by atoms with Gasteiger partial charge in [0.2, 0.25) is 10.0 Å². The molecule has 2 unspecified atom stereocenters. The van der Waals surface area contributed by atoms with Crippen LogP contribution in [0.1, 0.15) is 32.3 Å². The number of sulfonamides is 1. The third-order valence-corrected chi connectivity index (χ3v) is 5.75. The Labute approximate surface area is 115 Å². The fourth-order valence-corrected chi connectivity index (χ4v) is 4.60. The summed E-state index contributed by atoms with van der Waals surface area (Å²) in [7, 11) is -3.43. The summed E-state index contributed by atoms with van der Waals surface area (Å²) < 4.78 is 27.0. The normalized spacial score (nSPS) is 25.4. The number of anilines is 1. The van der Waals surface area contributed by atoms with Crippen molar-refractivity contribution in [2.75, 3.05) is 12.3 Å². The highest BCUT2D eigenvalue weighted by atomic mass is 32.2. The molecule has 2 N–H and O–H groups in total. The molecule has 4 nitrogen and oxygen atoms in total. The van der Waals surface area contributed by atoms with Gasteiger partial charge in [-0.1, -0.05) is 6.92 Å². The maximum absolute atomic E-state index is 12.7. The minimum absolute atomic E-state index is 0.0514. The maximum atomic E-state index is 12.7. The smallest absolute Gasteiger partial charge is 0.243 e. The Balaban J connectivity index is 2.36. The Hall–Kier alpha value is -1.07. The minimum Gasteiger partial charge on any atom is -0.399 e. The highest BCUT2D eigenvalue weighted by Gasteiger charge is 2.33. The number of rotatable bonds is 2. The van der Waals surface area contributed by atoms with E-state index in [1.807, 2.05) is 13.8 Å². The monoisotopic (exact) mass is 282 g/mol. The van der Waals surface area contributed by atoms with Crippen LogP contribution in [0.3, 0.4) is 0 Å². The molecule has 0 saturated carbocycles. The van der Waals surface area contributed by atoms with Crippen molar-refractivity contribution >= 4 is 15.7 Å². The third kappa shape index (κ3) is 2.92. The van der Waals surface area contributed by atoms with Gasteiger partial charge in [0, 0.05) is 18.3 Å². The van der Waals surface area contributed by atoms with E-state index in [0.717, 1.165) is 18.4 Å². The van der Waals surface area contributed by atoms with Crippen LogP contribution < -0.4 is 5.73 Å². The molecule has 0 spiro atoms. The van der Waals surface area contributed by atoms with E-state index in [1.54, 1.807) is 22.5 Å². The number of nitrogen functional groups attached to an aromatic ring is 1. The maximum Gasteiger partial charge on any atom is 0.243 e. The van der Waals surface area contributed by atoms with Crippen LogP contribution in [0.25, 0.3) is 0 Å². The molecule has 19 heavy (non-hydrogen) atoms. The lowest BCUT2D eigenvalue weighted by Crippen LogP contribution is -2.44. The molecule has 0 aliphatic carbocycles. The average molecular weight is 282 g/mol. The molecule has 0 bridgehead atoms. The molecule has 1 fully saturated rings. The Morgan fingerprint density at radius 3 is 2.53 bits per heavy atom. The van der Waals surface area contributed by atoms with Crippen molar-refractivity contribution in [2.24, 2.45) is 5.92 Å². The zero-order valence-electron chi connectivity index (χ0n) is 11.8. The molecule has 2 rings (SSSR count). The number of benzene rings is 1. The van der Waals surface area contributed by atoms with E-state index in [4.69, 9.17) is 5.73 Å². The highest BCUT2D eigenvalue weighted by Crippen LogP contribution is 2.29. The number of aryl methyl sites for hydroxylation is 1. The van der Waals surface area contributed by atoms with Gasteiger partial charge in [0.25, 0.3) is 0 Å². The van der Waals surface area contributed by atoms with E-state index in [0.29, 0.717) is 23.0 Å². The second-order valence-electron chi connectivity index (χ2n) is 5.67. The summed E-state index contributed by atoms with van der Waals surface area (Å²) in [5.41, 5.74) is 7.13. The van der Waals surface area contributed by atoms with Crippen LogP contribution in [-0.2, 0) is 10.0 Å². The number of hydrogen-bond acceptors (Lipinski definition) is 3. The Kier molecular flexibility index (Phi) is 3.87. The summed E-state index contributed by atoms with van der Waals surface area (Å²) in [6, 6.07) is 5.07. The molecule has 1 aliphatic heterocycles. The fraction of sp³-hybridized carbons (Fsp3) is 0.571. The summed E-state index contributed by atoms with van der Waals surface area (Å²) >= 11 is 0. The first-order valence-corrected chi connectivity index (χ1v) is 8.13. The molecule has 1 saturated heterocycles. The van der Waals surface area contributed by atoms with Gasteiger partial charge in [-0.25, -0.2) is 8.42 Å². The summed E-state index contributed by atoms with van der Waals surface area (Å²) in [6.45, 7) is 6.60. The van der Waals surface area contributed by atoms with Gasteiger partial charge in [-0.3, -0.25) is 0 Å². The molecule has 1 heterocycles. The van der Waals surface area contributed by atoms with E-state index in [2.05, 4.69) is 6.92 Å². The van der Waals surface area contributed by atoms with Crippen LogP contribution >= 0.6 is 0 Å². The third-order valence-electron chi connectivity index (χ3n) is 3.76. The van der Waals surface area contributed by atoms with Crippen molar-refractivity contribution in [3.63, 3.8) is 0 Å². The van der Waals surface area contributed by atoms with Crippen molar-refractivity contribution in [3.8, 4) is 0 Å². The summed E-state index contributed by atoms with van der Waals surface area (Å²) in [6.07, 6.45) is 1.84. The van der Waals surface area contributed by atoms with Crippen LogP contribution in [0.15, 0.2) is 23.1 Å². The average Bonchev–Trinajstić information content (AvgIpc) is 2.26. The first kappa shape index (κ1) is 14.3. The molecular weight excluding hydrogens is 260 g/mol. The van der Waals surface area contributed by atoms with Crippen LogP contribution in [0.5, 0.6) is 0 Å². The lowest BCUT2D eigenvalue weighted by molar-refractivity contribution is 0.220. The van der Waals surface area contributed by atoms with Gasteiger partial charge in [0.1, 0.15) is 0 Å². The quantitative estimate of drug-likeness (QED) is 0.847. The van der Waals surface area contributed by atoms with Crippen molar-refractivity contribution < 1.29 is 8.42 Å². The molecule has 5 heteroatoms. The van der Waals surface area contributed by atoms with Gasteiger partial charge < -0.3 is 5.73 Å². The van der Waals surface area contributed by atoms with Crippen LogP contribution in [-0.4, -0.2) is 25.3 Å². The fourth-order valence-electron chi connectivity index (χ4n) is 2.80. The molecule has 1 aromatic carbocycles. The van der Waals surface area contributed by atoms with E-state index in [9.17, 15) is 8.42 Å². The lowest BCUT2D eigenvalue weighted by Gasteiger charge is -2.35. The predicted molar refractivity (Wildman–Crippen MR) is 77.3 cm³/mol. The molecule has 2 atom stereocenters. The van der Waals surface area contributed by atoms with Crippen LogP contribution in [0, 0.1) is 12.8 Å². The van der Waals surface area contributed by atoms with Gasteiger partial charge in [-0.15, -0.1) is 0 Å². The number of piperidine rings is 1.